The zero-order valence-corrected chi connectivity index (χ0v) is 14.7. The van der Waals surface area contributed by atoms with Gasteiger partial charge in [0.2, 0.25) is 5.91 Å². The van der Waals surface area contributed by atoms with Gasteiger partial charge in [0.05, 0.1) is 6.26 Å². The van der Waals surface area contributed by atoms with E-state index in [1.165, 1.54) is 6.33 Å². The van der Waals surface area contributed by atoms with Gasteiger partial charge in [0.15, 0.2) is 11.5 Å². The molecule has 8 nitrogen and oxygen atoms in total. The Labute approximate surface area is 156 Å². The van der Waals surface area contributed by atoms with Crippen LogP contribution in [-0.4, -0.2) is 33.9 Å². The maximum Gasteiger partial charge on any atom is 0.220 e. The van der Waals surface area contributed by atoms with E-state index in [1.807, 2.05) is 24.3 Å². The van der Waals surface area contributed by atoms with E-state index in [1.54, 1.807) is 23.3 Å². The maximum absolute atomic E-state index is 12.5. The molecule has 0 radical (unpaired) electrons. The number of fused-ring (bicyclic) bond motifs is 1. The first-order valence-corrected chi connectivity index (χ1v) is 8.84. The number of hydrogen-bond acceptors (Lipinski definition) is 6. The Balaban J connectivity index is 1.46. The molecular weight excluding hydrogens is 348 g/mol. The average Bonchev–Trinajstić information content (AvgIpc) is 3.40. The van der Waals surface area contributed by atoms with Crippen LogP contribution in [0.5, 0.6) is 11.5 Å². The number of rotatable bonds is 7. The average molecular weight is 368 g/mol. The third-order valence-electron chi connectivity index (χ3n) is 4.29. The predicted molar refractivity (Wildman–Crippen MR) is 95.4 cm³/mol. The number of carbonyl (C=O) groups excluding carboxylic acids is 1. The third kappa shape index (κ3) is 4.11. The molecule has 3 aromatic rings. The summed E-state index contributed by atoms with van der Waals surface area (Å²) in [5, 5.41) is 7.08. The number of hydrogen-bond donors (Lipinski definition) is 1. The van der Waals surface area contributed by atoms with Crippen molar-refractivity contribution in [1.29, 1.82) is 0 Å². The number of furan rings is 1. The van der Waals surface area contributed by atoms with Gasteiger partial charge in [-0.1, -0.05) is 6.07 Å². The van der Waals surface area contributed by atoms with Gasteiger partial charge in [-0.25, -0.2) is 4.98 Å². The SMILES string of the molecule is O=C(CCCn1cncn1)NC(c1ccc2c(c1)OCCO2)c1ccco1. The first-order chi connectivity index (χ1) is 13.3. The minimum Gasteiger partial charge on any atom is -0.486 e. The van der Waals surface area contributed by atoms with Crippen molar-refractivity contribution in [3.05, 3.63) is 60.6 Å². The van der Waals surface area contributed by atoms with Crippen LogP contribution in [0.1, 0.15) is 30.2 Å². The molecule has 140 valence electrons. The number of amides is 1. The maximum atomic E-state index is 12.5. The zero-order valence-electron chi connectivity index (χ0n) is 14.7. The molecule has 1 aliphatic rings. The molecule has 2 aromatic heterocycles. The van der Waals surface area contributed by atoms with Crippen molar-refractivity contribution >= 4 is 5.91 Å². The van der Waals surface area contributed by atoms with Crippen molar-refractivity contribution in [2.24, 2.45) is 0 Å². The van der Waals surface area contributed by atoms with Crippen molar-refractivity contribution in [3.8, 4) is 11.5 Å². The highest BCUT2D eigenvalue weighted by Gasteiger charge is 2.22. The highest BCUT2D eigenvalue weighted by molar-refractivity contribution is 5.76. The van der Waals surface area contributed by atoms with Crippen LogP contribution in [0, 0.1) is 0 Å². The molecule has 0 aliphatic carbocycles. The Morgan fingerprint density at radius 2 is 2.11 bits per heavy atom. The lowest BCUT2D eigenvalue weighted by Crippen LogP contribution is -2.29. The summed E-state index contributed by atoms with van der Waals surface area (Å²) in [5.74, 6) is 1.99. The monoisotopic (exact) mass is 368 g/mol. The number of aryl methyl sites for hydroxylation is 1. The molecule has 1 amide bonds. The first kappa shape index (κ1) is 17.1. The second-order valence-electron chi connectivity index (χ2n) is 6.18. The second-order valence-corrected chi connectivity index (χ2v) is 6.18. The molecule has 0 saturated carbocycles. The molecule has 27 heavy (non-hydrogen) atoms. The van der Waals surface area contributed by atoms with Gasteiger partial charge in [-0.2, -0.15) is 5.10 Å². The molecule has 0 saturated heterocycles. The molecule has 1 unspecified atom stereocenters. The molecular formula is C19H20N4O4. The van der Waals surface area contributed by atoms with Crippen LogP contribution < -0.4 is 14.8 Å². The van der Waals surface area contributed by atoms with Crippen molar-refractivity contribution < 1.29 is 18.7 Å². The number of nitrogens with one attached hydrogen (secondary N) is 1. The summed E-state index contributed by atoms with van der Waals surface area (Å²) >= 11 is 0. The largest absolute Gasteiger partial charge is 0.486 e. The van der Waals surface area contributed by atoms with E-state index < -0.39 is 6.04 Å². The van der Waals surface area contributed by atoms with Gasteiger partial charge in [-0.05, 0) is 36.2 Å². The lowest BCUT2D eigenvalue weighted by atomic mass is 10.0. The quantitative estimate of drug-likeness (QED) is 0.688. The van der Waals surface area contributed by atoms with Gasteiger partial charge < -0.3 is 19.2 Å². The van der Waals surface area contributed by atoms with Gasteiger partial charge in [0.25, 0.3) is 0 Å². The minimum atomic E-state index is -0.394. The lowest BCUT2D eigenvalue weighted by molar-refractivity contribution is -0.121. The molecule has 8 heteroatoms. The van der Waals surface area contributed by atoms with Crippen LogP contribution in [0.15, 0.2) is 53.7 Å². The summed E-state index contributed by atoms with van der Waals surface area (Å²) in [6.45, 7) is 1.69. The van der Waals surface area contributed by atoms with E-state index in [-0.39, 0.29) is 5.91 Å². The van der Waals surface area contributed by atoms with E-state index in [4.69, 9.17) is 13.9 Å². The molecule has 3 heterocycles. The van der Waals surface area contributed by atoms with E-state index >= 15 is 0 Å². The molecule has 0 bridgehead atoms. The second kappa shape index (κ2) is 7.94. The Morgan fingerprint density at radius 1 is 1.22 bits per heavy atom. The summed E-state index contributed by atoms with van der Waals surface area (Å²) in [4.78, 5) is 16.4. The van der Waals surface area contributed by atoms with E-state index in [0.29, 0.717) is 49.9 Å². The smallest absolute Gasteiger partial charge is 0.220 e. The van der Waals surface area contributed by atoms with Gasteiger partial charge in [0, 0.05) is 13.0 Å². The number of ether oxygens (including phenoxy) is 2. The number of benzene rings is 1. The van der Waals surface area contributed by atoms with Crippen molar-refractivity contribution in [2.45, 2.75) is 25.4 Å². The topological polar surface area (TPSA) is 91.4 Å². The first-order valence-electron chi connectivity index (χ1n) is 8.84. The van der Waals surface area contributed by atoms with Crippen LogP contribution in [-0.2, 0) is 11.3 Å². The van der Waals surface area contributed by atoms with Crippen molar-refractivity contribution in [3.63, 3.8) is 0 Å². The zero-order chi connectivity index (χ0) is 18.5. The van der Waals surface area contributed by atoms with Crippen molar-refractivity contribution in [1.82, 2.24) is 20.1 Å². The molecule has 1 aliphatic heterocycles. The number of nitrogens with zero attached hydrogens (tertiary/aromatic N) is 3. The number of aromatic nitrogens is 3. The normalized spacial score (nSPS) is 13.9. The molecule has 1 atom stereocenters. The van der Waals surface area contributed by atoms with E-state index in [2.05, 4.69) is 15.4 Å². The predicted octanol–water partition coefficient (Wildman–Crippen LogP) is 2.33. The number of carbonyl (C=O) groups is 1. The Hall–Kier alpha value is -3.29. The van der Waals surface area contributed by atoms with Crippen LogP contribution >= 0.6 is 0 Å². The molecule has 1 aromatic carbocycles. The van der Waals surface area contributed by atoms with Crippen LogP contribution in [0.3, 0.4) is 0 Å². The minimum absolute atomic E-state index is 0.0635. The highest BCUT2D eigenvalue weighted by Crippen LogP contribution is 2.34. The highest BCUT2D eigenvalue weighted by atomic mass is 16.6. The van der Waals surface area contributed by atoms with Crippen molar-refractivity contribution in [2.75, 3.05) is 13.2 Å². The fraction of sp³-hybridized carbons (Fsp3) is 0.316. The van der Waals surface area contributed by atoms with Crippen LogP contribution in [0.4, 0.5) is 0 Å². The fourth-order valence-corrected chi connectivity index (χ4v) is 3.00. The summed E-state index contributed by atoms with van der Waals surface area (Å²) in [5.41, 5.74) is 0.874. The van der Waals surface area contributed by atoms with E-state index in [0.717, 1.165) is 5.56 Å². The van der Waals surface area contributed by atoms with Gasteiger partial charge in [-0.15, -0.1) is 0 Å². The Bertz CT molecular complexity index is 877. The third-order valence-corrected chi connectivity index (χ3v) is 4.29. The molecule has 1 N–H and O–H groups in total. The van der Waals surface area contributed by atoms with Gasteiger partial charge in [-0.3, -0.25) is 9.48 Å². The van der Waals surface area contributed by atoms with Gasteiger partial charge >= 0.3 is 0 Å². The Morgan fingerprint density at radius 3 is 2.89 bits per heavy atom. The van der Waals surface area contributed by atoms with Gasteiger partial charge in [0.1, 0.15) is 37.7 Å². The fourth-order valence-electron chi connectivity index (χ4n) is 3.00. The molecule has 0 fully saturated rings. The van der Waals surface area contributed by atoms with E-state index in [9.17, 15) is 4.79 Å². The van der Waals surface area contributed by atoms with Crippen LogP contribution in [0.2, 0.25) is 0 Å². The summed E-state index contributed by atoms with van der Waals surface area (Å²) < 4.78 is 18.5. The molecule has 4 rings (SSSR count). The summed E-state index contributed by atoms with van der Waals surface area (Å²) in [6.07, 6.45) is 5.76. The standard InChI is InChI=1S/C19H20N4O4/c24-18(4-1-7-23-13-20-12-21-23)22-19(16-3-2-8-25-16)14-5-6-15-17(11-14)27-10-9-26-15/h2-3,5-6,8,11-13,19H,1,4,7,9-10H2,(H,22,24). The van der Waals surface area contributed by atoms with Crippen LogP contribution in [0.25, 0.3) is 0 Å². The lowest BCUT2D eigenvalue weighted by Gasteiger charge is -2.22. The Kier molecular flexibility index (Phi) is 5.04. The summed E-state index contributed by atoms with van der Waals surface area (Å²) in [6, 6.07) is 8.91. The molecule has 0 spiro atoms. The summed E-state index contributed by atoms with van der Waals surface area (Å²) in [7, 11) is 0.